The van der Waals surface area contributed by atoms with E-state index in [2.05, 4.69) is 5.32 Å². The van der Waals surface area contributed by atoms with Crippen molar-refractivity contribution in [2.75, 3.05) is 0 Å². The van der Waals surface area contributed by atoms with Gasteiger partial charge in [-0.2, -0.15) is 0 Å². The zero-order valence-electron chi connectivity index (χ0n) is 14.3. The van der Waals surface area contributed by atoms with Crippen molar-refractivity contribution >= 4 is 35.5 Å². The summed E-state index contributed by atoms with van der Waals surface area (Å²) in [5, 5.41) is 2.75. The second kappa shape index (κ2) is 7.21. The van der Waals surface area contributed by atoms with Crippen molar-refractivity contribution in [3.8, 4) is 11.3 Å². The number of barbiturate groups is 1. The van der Waals surface area contributed by atoms with Crippen LogP contribution < -0.4 is 5.32 Å². The number of benzene rings is 1. The average molecular weight is 397 g/mol. The molecule has 1 saturated heterocycles. The van der Waals surface area contributed by atoms with Gasteiger partial charge in [0.1, 0.15) is 22.9 Å². The fourth-order valence-corrected chi connectivity index (χ4v) is 2.86. The predicted molar refractivity (Wildman–Crippen MR) is 99.9 cm³/mol. The van der Waals surface area contributed by atoms with Crippen molar-refractivity contribution in [1.29, 1.82) is 0 Å². The maximum Gasteiger partial charge on any atom is 0.331 e. The van der Waals surface area contributed by atoms with Gasteiger partial charge in [-0.15, -0.1) is 0 Å². The van der Waals surface area contributed by atoms with Crippen LogP contribution in [-0.4, -0.2) is 22.7 Å². The quantitative estimate of drug-likeness (QED) is 0.534. The summed E-state index contributed by atoms with van der Waals surface area (Å²) >= 11 is 5.88. The van der Waals surface area contributed by atoms with E-state index in [0.717, 1.165) is 10.5 Å². The molecule has 0 atom stereocenters. The minimum absolute atomic E-state index is 0.0868. The lowest BCUT2D eigenvalue weighted by atomic mass is 10.1. The maximum absolute atomic E-state index is 12.7. The lowest BCUT2D eigenvalue weighted by Crippen LogP contribution is -2.53. The number of carbonyl (C=O) groups excluding carboxylic acids is 3. The molecule has 140 valence electrons. The topological polar surface area (TPSA) is 92.8 Å². The van der Waals surface area contributed by atoms with Crippen LogP contribution in [0.2, 0.25) is 5.02 Å². The smallest absolute Gasteiger partial charge is 0.331 e. The summed E-state index contributed by atoms with van der Waals surface area (Å²) < 4.78 is 10.9. The van der Waals surface area contributed by atoms with Crippen molar-refractivity contribution < 1.29 is 23.2 Å². The molecule has 0 spiro atoms. The van der Waals surface area contributed by atoms with E-state index >= 15 is 0 Å². The Labute approximate surface area is 164 Å². The molecule has 0 aliphatic carbocycles. The van der Waals surface area contributed by atoms with E-state index in [9.17, 15) is 14.4 Å². The van der Waals surface area contributed by atoms with Gasteiger partial charge in [-0.1, -0.05) is 11.6 Å². The fraction of sp³-hybridized carbons (Fsp3) is 0.0500. The van der Waals surface area contributed by atoms with Gasteiger partial charge in [0.25, 0.3) is 11.8 Å². The molecule has 4 rings (SSSR count). The molecule has 0 bridgehead atoms. The Morgan fingerprint density at radius 3 is 2.54 bits per heavy atom. The first kappa shape index (κ1) is 17.8. The molecule has 28 heavy (non-hydrogen) atoms. The Balaban J connectivity index is 1.61. The number of imide groups is 2. The fourth-order valence-electron chi connectivity index (χ4n) is 2.74. The lowest BCUT2D eigenvalue weighted by molar-refractivity contribution is -0.130. The number of furan rings is 2. The summed E-state index contributed by atoms with van der Waals surface area (Å²) in [5.74, 6) is -0.239. The summed E-state index contributed by atoms with van der Waals surface area (Å²) in [5.41, 5.74) is 0.589. The van der Waals surface area contributed by atoms with Crippen LogP contribution in [0.3, 0.4) is 0 Å². The molecule has 1 aliphatic rings. The number of hydrogen-bond acceptors (Lipinski definition) is 5. The highest BCUT2D eigenvalue weighted by atomic mass is 35.5. The van der Waals surface area contributed by atoms with Crippen LogP contribution >= 0.6 is 11.6 Å². The molecule has 0 radical (unpaired) electrons. The first-order valence-electron chi connectivity index (χ1n) is 8.28. The zero-order chi connectivity index (χ0) is 19.7. The number of nitrogens with one attached hydrogen (secondary N) is 1. The summed E-state index contributed by atoms with van der Waals surface area (Å²) in [7, 11) is 0. The van der Waals surface area contributed by atoms with E-state index in [-0.39, 0.29) is 12.1 Å². The molecular formula is C20H13ClN2O5. The molecule has 7 nitrogen and oxygen atoms in total. The third kappa shape index (κ3) is 3.47. The van der Waals surface area contributed by atoms with E-state index in [1.54, 1.807) is 48.5 Å². The van der Waals surface area contributed by atoms with Gasteiger partial charge in [0, 0.05) is 10.6 Å². The van der Waals surface area contributed by atoms with Crippen molar-refractivity contribution in [2.24, 2.45) is 0 Å². The number of halogens is 1. The van der Waals surface area contributed by atoms with Crippen molar-refractivity contribution in [2.45, 2.75) is 6.54 Å². The highest BCUT2D eigenvalue weighted by molar-refractivity contribution is 6.31. The number of urea groups is 1. The molecule has 1 N–H and O–H groups in total. The highest BCUT2D eigenvalue weighted by Gasteiger charge is 2.36. The molecule has 8 heteroatoms. The third-order valence-electron chi connectivity index (χ3n) is 4.12. The SMILES string of the molecule is O=C1NC(=O)N(Cc2ccco2)C(=O)/C1=C/c1ccc(-c2ccc(Cl)cc2)o1. The van der Waals surface area contributed by atoms with E-state index in [0.29, 0.717) is 22.3 Å². The largest absolute Gasteiger partial charge is 0.467 e. The molecule has 0 unspecified atom stereocenters. The Morgan fingerprint density at radius 2 is 1.82 bits per heavy atom. The summed E-state index contributed by atoms with van der Waals surface area (Å²) in [6, 6.07) is 12.9. The third-order valence-corrected chi connectivity index (χ3v) is 4.37. The van der Waals surface area contributed by atoms with Crippen LogP contribution in [0.5, 0.6) is 0 Å². The lowest BCUT2D eigenvalue weighted by Gasteiger charge is -2.25. The average Bonchev–Trinajstić information content (AvgIpc) is 3.35. The minimum atomic E-state index is -0.801. The number of nitrogens with zero attached hydrogens (tertiary/aromatic N) is 1. The standard InChI is InChI=1S/C20H13ClN2O5/c21-13-5-3-12(4-6-13)17-8-7-14(28-17)10-16-18(24)22-20(26)23(19(16)25)11-15-2-1-9-27-15/h1-10H,11H2,(H,22,24,26)/b16-10+. The Hall–Kier alpha value is -3.58. The van der Waals surface area contributed by atoms with Crippen LogP contribution in [0.25, 0.3) is 17.4 Å². The van der Waals surface area contributed by atoms with Crippen LogP contribution in [0.1, 0.15) is 11.5 Å². The van der Waals surface area contributed by atoms with Gasteiger partial charge in [0.15, 0.2) is 0 Å². The Morgan fingerprint density at radius 1 is 1.04 bits per heavy atom. The summed E-state index contributed by atoms with van der Waals surface area (Å²) in [4.78, 5) is 37.7. The van der Waals surface area contributed by atoms with Crippen molar-refractivity contribution in [1.82, 2.24) is 10.2 Å². The number of carbonyl (C=O) groups is 3. The van der Waals surface area contributed by atoms with Gasteiger partial charge in [0.05, 0.1) is 12.8 Å². The van der Waals surface area contributed by atoms with E-state index in [1.807, 2.05) is 0 Å². The molecule has 3 aromatic rings. The minimum Gasteiger partial charge on any atom is -0.467 e. The Kier molecular flexibility index (Phi) is 4.58. The van der Waals surface area contributed by atoms with Gasteiger partial charge >= 0.3 is 6.03 Å². The van der Waals surface area contributed by atoms with Gasteiger partial charge in [0.2, 0.25) is 0 Å². The van der Waals surface area contributed by atoms with Crippen LogP contribution in [-0.2, 0) is 16.1 Å². The zero-order valence-corrected chi connectivity index (χ0v) is 15.1. The second-order valence-corrected chi connectivity index (χ2v) is 6.43. The summed E-state index contributed by atoms with van der Waals surface area (Å²) in [6.07, 6.45) is 2.74. The Bertz CT molecular complexity index is 1080. The van der Waals surface area contributed by atoms with E-state index in [4.69, 9.17) is 20.4 Å². The van der Waals surface area contributed by atoms with E-state index < -0.39 is 17.8 Å². The van der Waals surface area contributed by atoms with Crippen LogP contribution in [0.15, 0.2) is 69.2 Å². The maximum atomic E-state index is 12.7. The van der Waals surface area contributed by atoms with Gasteiger partial charge < -0.3 is 8.83 Å². The molecule has 2 aromatic heterocycles. The molecule has 0 saturated carbocycles. The van der Waals surface area contributed by atoms with Gasteiger partial charge in [-0.3, -0.25) is 19.8 Å². The predicted octanol–water partition coefficient (Wildman–Crippen LogP) is 3.86. The summed E-state index contributed by atoms with van der Waals surface area (Å²) in [6.45, 7) is -0.0868. The van der Waals surface area contributed by atoms with Gasteiger partial charge in [-0.05, 0) is 54.6 Å². The van der Waals surface area contributed by atoms with Gasteiger partial charge in [-0.25, -0.2) is 4.79 Å². The number of rotatable bonds is 4. The molecule has 1 aliphatic heterocycles. The first-order chi connectivity index (χ1) is 13.5. The molecule has 3 heterocycles. The number of amides is 4. The van der Waals surface area contributed by atoms with Crippen molar-refractivity contribution in [3.63, 3.8) is 0 Å². The molecule has 1 fully saturated rings. The molecular weight excluding hydrogens is 384 g/mol. The second-order valence-electron chi connectivity index (χ2n) is 6.00. The normalized spacial score (nSPS) is 16.0. The van der Waals surface area contributed by atoms with Crippen LogP contribution in [0.4, 0.5) is 4.79 Å². The van der Waals surface area contributed by atoms with Crippen molar-refractivity contribution in [3.05, 3.63) is 76.9 Å². The van der Waals surface area contributed by atoms with Crippen LogP contribution in [0, 0.1) is 0 Å². The molecule has 4 amide bonds. The number of hydrogen-bond donors (Lipinski definition) is 1. The first-order valence-corrected chi connectivity index (χ1v) is 8.66. The highest BCUT2D eigenvalue weighted by Crippen LogP contribution is 2.25. The molecule has 1 aromatic carbocycles. The monoisotopic (exact) mass is 396 g/mol. The van der Waals surface area contributed by atoms with E-state index in [1.165, 1.54) is 12.3 Å².